The third kappa shape index (κ3) is 3.67. The Morgan fingerprint density at radius 3 is 2.80 bits per heavy atom. The summed E-state index contributed by atoms with van der Waals surface area (Å²) in [5, 5.41) is 3.44. The highest BCUT2D eigenvalue weighted by Gasteiger charge is 2.07. The van der Waals surface area contributed by atoms with Gasteiger partial charge in [-0.05, 0) is 44.0 Å². The minimum Gasteiger partial charge on any atom is -0.313 e. The average molecular weight is 272 g/mol. The van der Waals surface area contributed by atoms with Crippen molar-refractivity contribution in [3.63, 3.8) is 0 Å². The molecule has 2 aromatic heterocycles. The van der Waals surface area contributed by atoms with E-state index in [0.29, 0.717) is 0 Å². The predicted molar refractivity (Wildman–Crippen MR) is 82.1 cm³/mol. The van der Waals surface area contributed by atoms with Crippen molar-refractivity contribution in [2.45, 2.75) is 46.6 Å². The van der Waals surface area contributed by atoms with Crippen LogP contribution in [-0.4, -0.2) is 21.1 Å². The number of imidazole rings is 1. The van der Waals surface area contributed by atoms with Gasteiger partial charge in [0, 0.05) is 31.1 Å². The molecule has 4 nitrogen and oxygen atoms in total. The smallest absolute Gasteiger partial charge is 0.138 e. The van der Waals surface area contributed by atoms with Crippen molar-refractivity contribution in [1.82, 2.24) is 19.9 Å². The number of hydrogen-bond acceptors (Lipinski definition) is 3. The molecule has 0 bridgehead atoms. The van der Waals surface area contributed by atoms with Crippen LogP contribution in [0.4, 0.5) is 0 Å². The molecule has 1 N–H and O–H groups in total. The highest BCUT2D eigenvalue weighted by molar-refractivity contribution is 5.32. The summed E-state index contributed by atoms with van der Waals surface area (Å²) in [5.74, 6) is 2.05. The zero-order valence-electron chi connectivity index (χ0n) is 12.7. The molecule has 0 spiro atoms. The molecule has 0 aliphatic carbocycles. The molecule has 2 rings (SSSR count). The van der Waals surface area contributed by atoms with Crippen molar-refractivity contribution in [3.05, 3.63) is 41.6 Å². The summed E-state index contributed by atoms with van der Waals surface area (Å²) in [5.41, 5.74) is 2.32. The number of hydrogen-bond donors (Lipinski definition) is 1. The minimum absolute atomic E-state index is 0.891. The number of aryl methyl sites for hydroxylation is 2. The first-order valence-electron chi connectivity index (χ1n) is 7.45. The first-order chi connectivity index (χ1) is 9.74. The third-order valence-electron chi connectivity index (χ3n) is 3.19. The Hall–Kier alpha value is -1.68. The monoisotopic (exact) mass is 272 g/mol. The van der Waals surface area contributed by atoms with Crippen molar-refractivity contribution in [2.24, 2.45) is 0 Å². The van der Waals surface area contributed by atoms with E-state index in [9.17, 15) is 0 Å². The summed E-state index contributed by atoms with van der Waals surface area (Å²) in [7, 11) is 0. The number of aromatic nitrogens is 3. The van der Waals surface area contributed by atoms with Crippen LogP contribution in [-0.2, 0) is 13.0 Å². The van der Waals surface area contributed by atoms with E-state index in [1.165, 1.54) is 5.56 Å². The molecular formula is C16H24N4. The van der Waals surface area contributed by atoms with Crippen LogP contribution in [0.15, 0.2) is 24.5 Å². The molecule has 0 aliphatic heterocycles. The first-order valence-corrected chi connectivity index (χ1v) is 7.45. The van der Waals surface area contributed by atoms with Crippen molar-refractivity contribution < 1.29 is 0 Å². The van der Waals surface area contributed by atoms with Crippen LogP contribution in [0.25, 0.3) is 5.82 Å². The Labute approximate surface area is 121 Å². The van der Waals surface area contributed by atoms with E-state index in [1.807, 2.05) is 19.3 Å². The summed E-state index contributed by atoms with van der Waals surface area (Å²) < 4.78 is 2.10. The Balaban J connectivity index is 2.24. The lowest BCUT2D eigenvalue weighted by Crippen LogP contribution is -2.14. The van der Waals surface area contributed by atoms with E-state index in [1.54, 1.807) is 0 Å². The van der Waals surface area contributed by atoms with Crippen molar-refractivity contribution >= 4 is 0 Å². The second kappa shape index (κ2) is 7.20. The van der Waals surface area contributed by atoms with E-state index in [2.05, 4.69) is 45.8 Å². The summed E-state index contributed by atoms with van der Waals surface area (Å²) in [6.45, 7) is 8.33. The summed E-state index contributed by atoms with van der Waals surface area (Å²) in [6, 6.07) is 4.29. The van der Waals surface area contributed by atoms with Gasteiger partial charge in [0.25, 0.3) is 0 Å². The van der Waals surface area contributed by atoms with E-state index >= 15 is 0 Å². The Morgan fingerprint density at radius 1 is 1.20 bits per heavy atom. The quantitative estimate of drug-likeness (QED) is 0.788. The predicted octanol–water partition coefficient (Wildman–Crippen LogP) is 3.03. The molecule has 0 saturated heterocycles. The lowest BCUT2D eigenvalue weighted by Gasteiger charge is -2.10. The molecule has 2 heterocycles. The molecule has 0 aromatic carbocycles. The average Bonchev–Trinajstić information content (AvgIpc) is 2.87. The standard InChI is InChI=1S/C16H24N4/c1-4-6-15-18-8-9-20(15)16-11-14(10-13(3)19-16)12-17-7-5-2/h8-11,17H,4-7,12H2,1-3H3. The number of nitrogens with one attached hydrogen (secondary N) is 1. The zero-order chi connectivity index (χ0) is 14.4. The zero-order valence-corrected chi connectivity index (χ0v) is 12.7. The number of rotatable bonds is 7. The van der Waals surface area contributed by atoms with Crippen LogP contribution in [0.5, 0.6) is 0 Å². The number of pyridine rings is 1. The maximum atomic E-state index is 4.64. The molecule has 0 saturated carbocycles. The molecule has 0 radical (unpaired) electrons. The molecule has 108 valence electrons. The van der Waals surface area contributed by atoms with Gasteiger partial charge in [0.15, 0.2) is 0 Å². The van der Waals surface area contributed by atoms with Crippen LogP contribution in [0, 0.1) is 6.92 Å². The lowest BCUT2D eigenvalue weighted by atomic mass is 10.2. The van der Waals surface area contributed by atoms with E-state index in [0.717, 1.165) is 49.7 Å². The Bertz CT molecular complexity index is 545. The van der Waals surface area contributed by atoms with Gasteiger partial charge in [-0.25, -0.2) is 9.97 Å². The van der Waals surface area contributed by atoms with Gasteiger partial charge in [-0.15, -0.1) is 0 Å². The van der Waals surface area contributed by atoms with Crippen LogP contribution in [0.1, 0.15) is 43.8 Å². The van der Waals surface area contributed by atoms with Gasteiger partial charge in [-0.3, -0.25) is 4.57 Å². The van der Waals surface area contributed by atoms with Crippen LogP contribution in [0.2, 0.25) is 0 Å². The molecule has 20 heavy (non-hydrogen) atoms. The minimum atomic E-state index is 0.891. The van der Waals surface area contributed by atoms with Crippen LogP contribution >= 0.6 is 0 Å². The van der Waals surface area contributed by atoms with Gasteiger partial charge >= 0.3 is 0 Å². The van der Waals surface area contributed by atoms with E-state index in [4.69, 9.17) is 0 Å². The van der Waals surface area contributed by atoms with Gasteiger partial charge < -0.3 is 5.32 Å². The first kappa shape index (κ1) is 14.7. The highest BCUT2D eigenvalue weighted by atomic mass is 15.1. The third-order valence-corrected chi connectivity index (χ3v) is 3.19. The maximum Gasteiger partial charge on any atom is 0.138 e. The Kier molecular flexibility index (Phi) is 5.30. The van der Waals surface area contributed by atoms with E-state index < -0.39 is 0 Å². The van der Waals surface area contributed by atoms with Gasteiger partial charge in [-0.1, -0.05) is 13.8 Å². The van der Waals surface area contributed by atoms with E-state index in [-0.39, 0.29) is 0 Å². The second-order valence-electron chi connectivity index (χ2n) is 5.12. The SMILES string of the molecule is CCCNCc1cc(C)nc(-n2ccnc2CCC)c1. The van der Waals surface area contributed by atoms with Gasteiger partial charge in [0.05, 0.1) is 0 Å². The summed E-state index contributed by atoms with van der Waals surface area (Å²) >= 11 is 0. The van der Waals surface area contributed by atoms with Crippen molar-refractivity contribution in [3.8, 4) is 5.82 Å². The van der Waals surface area contributed by atoms with Crippen molar-refractivity contribution in [2.75, 3.05) is 6.54 Å². The molecule has 0 unspecified atom stereocenters. The number of nitrogens with zero attached hydrogens (tertiary/aromatic N) is 3. The topological polar surface area (TPSA) is 42.7 Å². The van der Waals surface area contributed by atoms with Crippen LogP contribution < -0.4 is 5.32 Å². The van der Waals surface area contributed by atoms with Crippen LogP contribution in [0.3, 0.4) is 0 Å². The maximum absolute atomic E-state index is 4.64. The molecule has 0 amide bonds. The largest absolute Gasteiger partial charge is 0.313 e. The molecular weight excluding hydrogens is 248 g/mol. The second-order valence-corrected chi connectivity index (χ2v) is 5.12. The molecule has 0 fully saturated rings. The fourth-order valence-corrected chi connectivity index (χ4v) is 2.31. The molecule has 4 heteroatoms. The lowest BCUT2D eigenvalue weighted by molar-refractivity contribution is 0.673. The highest BCUT2D eigenvalue weighted by Crippen LogP contribution is 2.13. The van der Waals surface area contributed by atoms with Gasteiger partial charge in [0.2, 0.25) is 0 Å². The normalized spacial score (nSPS) is 10.9. The van der Waals surface area contributed by atoms with Gasteiger partial charge in [-0.2, -0.15) is 0 Å². The molecule has 0 aliphatic rings. The molecule has 0 atom stereocenters. The fraction of sp³-hybridized carbons (Fsp3) is 0.500. The summed E-state index contributed by atoms with van der Waals surface area (Å²) in [6.07, 6.45) is 7.07. The van der Waals surface area contributed by atoms with Crippen molar-refractivity contribution in [1.29, 1.82) is 0 Å². The summed E-state index contributed by atoms with van der Waals surface area (Å²) in [4.78, 5) is 9.07. The fourth-order valence-electron chi connectivity index (χ4n) is 2.31. The van der Waals surface area contributed by atoms with Gasteiger partial charge in [0.1, 0.15) is 11.6 Å². The molecule has 2 aromatic rings. The Morgan fingerprint density at radius 2 is 2.05 bits per heavy atom.